The van der Waals surface area contributed by atoms with Gasteiger partial charge in [-0.3, -0.25) is 14.9 Å². The quantitative estimate of drug-likeness (QED) is 0.679. The van der Waals surface area contributed by atoms with E-state index in [1.165, 1.54) is 0 Å². The van der Waals surface area contributed by atoms with Crippen LogP contribution in [-0.4, -0.2) is 41.9 Å². The Balaban J connectivity index is 2.13. The lowest BCUT2D eigenvalue weighted by molar-refractivity contribution is -0.384. The summed E-state index contributed by atoms with van der Waals surface area (Å²) in [6.45, 7) is 1.48. The monoisotopic (exact) mass is 331 g/mol. The molecule has 1 N–H and O–H groups in total. The Labute approximate surface area is 132 Å². The number of likely N-dealkylation sites (N-methyl/N-ethyl adjacent to an activating group) is 1. The van der Waals surface area contributed by atoms with Crippen LogP contribution in [0.2, 0.25) is 10.0 Å². The topological polar surface area (TPSA) is 75.5 Å². The highest BCUT2D eigenvalue weighted by Crippen LogP contribution is 2.30. The first-order valence-electron chi connectivity index (χ1n) is 6.52. The number of nitrogens with zero attached hydrogens (tertiary/aromatic N) is 2. The van der Waals surface area contributed by atoms with Crippen molar-refractivity contribution in [2.45, 2.75) is 18.9 Å². The van der Waals surface area contributed by atoms with Gasteiger partial charge in [-0.15, -0.1) is 0 Å². The van der Waals surface area contributed by atoms with Gasteiger partial charge in [0, 0.05) is 24.7 Å². The van der Waals surface area contributed by atoms with Gasteiger partial charge in [-0.2, -0.15) is 0 Å². The third-order valence-corrected chi connectivity index (χ3v) is 4.44. The molecule has 0 aliphatic carbocycles. The second kappa shape index (κ2) is 6.60. The van der Waals surface area contributed by atoms with Gasteiger partial charge in [-0.25, -0.2) is 0 Å². The van der Waals surface area contributed by atoms with Crippen LogP contribution in [0, 0.1) is 10.1 Å². The summed E-state index contributed by atoms with van der Waals surface area (Å²) < 4.78 is 0. The molecule has 0 aromatic heterocycles. The predicted octanol–water partition coefficient (Wildman–Crippen LogP) is 2.73. The molecule has 1 aliphatic heterocycles. The molecule has 8 heteroatoms. The standard InChI is InChI=1S/C13H15Cl2N3O3/c1-17-4-2-3-8(17)7-16-13(19)10-5-9(18(20)21)6-11(14)12(10)15/h5-6,8H,2-4,7H2,1H3,(H,16,19). The lowest BCUT2D eigenvalue weighted by Gasteiger charge is -2.19. The molecule has 2 rings (SSSR count). The van der Waals surface area contributed by atoms with E-state index in [1.54, 1.807) is 0 Å². The summed E-state index contributed by atoms with van der Waals surface area (Å²) in [6, 6.07) is 2.55. The van der Waals surface area contributed by atoms with Crippen molar-refractivity contribution in [1.29, 1.82) is 0 Å². The van der Waals surface area contributed by atoms with E-state index >= 15 is 0 Å². The maximum Gasteiger partial charge on any atom is 0.271 e. The SMILES string of the molecule is CN1CCCC1CNC(=O)c1cc([N+](=O)[O-])cc(Cl)c1Cl. The smallest absolute Gasteiger partial charge is 0.271 e. The van der Waals surface area contributed by atoms with Gasteiger partial charge in [0.15, 0.2) is 0 Å². The molecule has 1 aromatic carbocycles. The van der Waals surface area contributed by atoms with Crippen LogP contribution in [0.15, 0.2) is 12.1 Å². The molecule has 6 nitrogen and oxygen atoms in total. The number of amides is 1. The Morgan fingerprint density at radius 2 is 2.24 bits per heavy atom. The van der Waals surface area contributed by atoms with Gasteiger partial charge >= 0.3 is 0 Å². The van der Waals surface area contributed by atoms with Crippen molar-refractivity contribution < 1.29 is 9.72 Å². The highest BCUT2D eigenvalue weighted by atomic mass is 35.5. The van der Waals surface area contributed by atoms with Gasteiger partial charge in [0.05, 0.1) is 20.5 Å². The molecule has 1 amide bonds. The fourth-order valence-corrected chi connectivity index (χ4v) is 2.80. The summed E-state index contributed by atoms with van der Waals surface area (Å²) in [5.41, 5.74) is -0.232. The number of hydrogen-bond donors (Lipinski definition) is 1. The van der Waals surface area contributed by atoms with Crippen LogP contribution in [0.4, 0.5) is 5.69 Å². The second-order valence-corrected chi connectivity index (χ2v) is 5.82. The second-order valence-electron chi connectivity index (χ2n) is 5.03. The van der Waals surface area contributed by atoms with Crippen LogP contribution in [0.3, 0.4) is 0 Å². The molecule has 114 valence electrons. The fourth-order valence-electron chi connectivity index (χ4n) is 2.39. The average molecular weight is 332 g/mol. The van der Waals surface area contributed by atoms with Crippen molar-refractivity contribution in [3.63, 3.8) is 0 Å². The van der Waals surface area contributed by atoms with E-state index in [2.05, 4.69) is 10.2 Å². The zero-order chi connectivity index (χ0) is 15.6. The Morgan fingerprint density at radius 1 is 1.52 bits per heavy atom. The van der Waals surface area contributed by atoms with E-state index in [1.807, 2.05) is 7.05 Å². The number of carbonyl (C=O) groups excluding carboxylic acids is 1. The summed E-state index contributed by atoms with van der Waals surface area (Å²) in [7, 11) is 2.00. The molecule has 1 saturated heterocycles. The first-order valence-corrected chi connectivity index (χ1v) is 7.27. The largest absolute Gasteiger partial charge is 0.350 e. The molecule has 1 unspecified atom stereocenters. The summed E-state index contributed by atoms with van der Waals surface area (Å²) in [5.74, 6) is -0.453. The van der Waals surface area contributed by atoms with Crippen molar-refractivity contribution in [3.05, 3.63) is 37.9 Å². The van der Waals surface area contributed by atoms with E-state index in [-0.39, 0.29) is 27.3 Å². The van der Waals surface area contributed by atoms with Gasteiger partial charge < -0.3 is 10.2 Å². The summed E-state index contributed by atoms with van der Waals surface area (Å²) in [6.07, 6.45) is 2.11. The third kappa shape index (κ3) is 3.64. The lowest BCUT2D eigenvalue weighted by atomic mass is 10.1. The van der Waals surface area contributed by atoms with Crippen molar-refractivity contribution in [2.24, 2.45) is 0 Å². The zero-order valence-electron chi connectivity index (χ0n) is 11.4. The normalized spacial score (nSPS) is 18.7. The first kappa shape index (κ1) is 16.0. The molecule has 0 spiro atoms. The number of halogens is 2. The Morgan fingerprint density at radius 3 is 2.81 bits per heavy atom. The van der Waals surface area contributed by atoms with Crippen LogP contribution >= 0.6 is 23.2 Å². The van der Waals surface area contributed by atoms with Crippen molar-refractivity contribution >= 4 is 34.8 Å². The maximum absolute atomic E-state index is 12.2. The molecule has 1 aromatic rings. The Kier molecular flexibility index (Phi) is 5.03. The lowest BCUT2D eigenvalue weighted by Crippen LogP contribution is -2.38. The minimum absolute atomic E-state index is 0.00555. The highest BCUT2D eigenvalue weighted by molar-refractivity contribution is 6.44. The minimum atomic E-state index is -0.607. The Bertz CT molecular complexity index is 580. The number of likely N-dealkylation sites (tertiary alicyclic amines) is 1. The van der Waals surface area contributed by atoms with Crippen LogP contribution in [0.5, 0.6) is 0 Å². The summed E-state index contributed by atoms with van der Waals surface area (Å²) in [4.78, 5) is 24.5. The molecule has 0 bridgehead atoms. The minimum Gasteiger partial charge on any atom is -0.350 e. The van der Waals surface area contributed by atoms with Gasteiger partial charge in [0.1, 0.15) is 0 Å². The van der Waals surface area contributed by atoms with Gasteiger partial charge in [-0.1, -0.05) is 23.2 Å². The molecule has 1 aliphatic rings. The van der Waals surface area contributed by atoms with Crippen LogP contribution in [0.25, 0.3) is 0 Å². The van der Waals surface area contributed by atoms with E-state index in [4.69, 9.17) is 23.2 Å². The molecule has 1 fully saturated rings. The maximum atomic E-state index is 12.2. The van der Waals surface area contributed by atoms with E-state index < -0.39 is 10.8 Å². The third-order valence-electron chi connectivity index (χ3n) is 3.64. The highest BCUT2D eigenvalue weighted by Gasteiger charge is 2.23. The van der Waals surface area contributed by atoms with E-state index in [9.17, 15) is 14.9 Å². The van der Waals surface area contributed by atoms with Crippen LogP contribution in [-0.2, 0) is 0 Å². The molecular formula is C13H15Cl2N3O3. The van der Waals surface area contributed by atoms with Crippen molar-refractivity contribution in [3.8, 4) is 0 Å². The van der Waals surface area contributed by atoms with Crippen molar-refractivity contribution in [2.75, 3.05) is 20.1 Å². The van der Waals surface area contributed by atoms with Gasteiger partial charge in [0.25, 0.3) is 11.6 Å². The van der Waals surface area contributed by atoms with Crippen LogP contribution < -0.4 is 5.32 Å². The Hall–Kier alpha value is -1.37. The number of carbonyl (C=O) groups is 1. The number of hydrogen-bond acceptors (Lipinski definition) is 4. The van der Waals surface area contributed by atoms with Gasteiger partial charge in [0.2, 0.25) is 0 Å². The predicted molar refractivity (Wildman–Crippen MR) is 81.1 cm³/mol. The molecule has 0 saturated carbocycles. The number of benzene rings is 1. The molecule has 1 heterocycles. The van der Waals surface area contributed by atoms with E-state index in [0.29, 0.717) is 6.54 Å². The number of nitro groups is 1. The van der Waals surface area contributed by atoms with Crippen molar-refractivity contribution in [1.82, 2.24) is 10.2 Å². The fraction of sp³-hybridized carbons (Fsp3) is 0.462. The molecular weight excluding hydrogens is 317 g/mol. The summed E-state index contributed by atoms with van der Waals surface area (Å²) in [5, 5.41) is 13.6. The number of non-ortho nitro benzene ring substituents is 1. The molecule has 1 atom stereocenters. The number of nitro benzene ring substituents is 1. The average Bonchev–Trinajstić information content (AvgIpc) is 2.84. The van der Waals surface area contributed by atoms with Crippen LogP contribution in [0.1, 0.15) is 23.2 Å². The van der Waals surface area contributed by atoms with E-state index in [0.717, 1.165) is 31.5 Å². The number of nitrogens with one attached hydrogen (secondary N) is 1. The molecule has 21 heavy (non-hydrogen) atoms. The first-order chi connectivity index (χ1) is 9.90. The zero-order valence-corrected chi connectivity index (χ0v) is 12.9. The summed E-state index contributed by atoms with van der Waals surface area (Å²) >= 11 is 11.8. The van der Waals surface area contributed by atoms with Gasteiger partial charge in [-0.05, 0) is 26.4 Å². The number of rotatable bonds is 4. The molecule has 0 radical (unpaired) electrons.